The molecule has 0 saturated carbocycles. The molecular weight excluding hydrogens is 152 g/mol. The third-order valence-electron chi connectivity index (χ3n) is 1.63. The normalized spacial score (nSPS) is 10.5. The molecule has 0 aliphatic heterocycles. The average Bonchev–Trinajstić information content (AvgIpc) is 2.10. The standard InChI is InChI=1S/C9H22N2O/c1-3-12-9-5-8-11-7-4-6-10-2/h10-11H,3-9H2,1-2H3. The molecule has 74 valence electrons. The summed E-state index contributed by atoms with van der Waals surface area (Å²) in [6.07, 6.45) is 2.32. The molecule has 0 spiro atoms. The van der Waals surface area contributed by atoms with Crippen LogP contribution in [0, 0.1) is 0 Å². The van der Waals surface area contributed by atoms with Crippen LogP contribution in [0.15, 0.2) is 0 Å². The second-order valence-corrected chi connectivity index (χ2v) is 2.76. The summed E-state index contributed by atoms with van der Waals surface area (Å²) in [5.74, 6) is 0. The summed E-state index contributed by atoms with van der Waals surface area (Å²) < 4.78 is 5.21. The van der Waals surface area contributed by atoms with Crippen molar-refractivity contribution in [2.75, 3.05) is 39.9 Å². The molecule has 0 fully saturated rings. The summed E-state index contributed by atoms with van der Waals surface area (Å²) in [6, 6.07) is 0. The molecule has 0 bridgehead atoms. The fourth-order valence-electron chi connectivity index (χ4n) is 0.959. The van der Waals surface area contributed by atoms with Gasteiger partial charge in [0, 0.05) is 13.2 Å². The number of rotatable bonds is 9. The van der Waals surface area contributed by atoms with E-state index in [1.807, 2.05) is 14.0 Å². The van der Waals surface area contributed by atoms with E-state index < -0.39 is 0 Å². The van der Waals surface area contributed by atoms with Gasteiger partial charge in [0.1, 0.15) is 0 Å². The second-order valence-electron chi connectivity index (χ2n) is 2.76. The number of ether oxygens (including phenoxy) is 1. The summed E-state index contributed by atoms with van der Waals surface area (Å²) in [7, 11) is 1.98. The molecule has 2 N–H and O–H groups in total. The molecule has 0 heterocycles. The number of nitrogens with one attached hydrogen (secondary N) is 2. The van der Waals surface area contributed by atoms with Gasteiger partial charge < -0.3 is 15.4 Å². The van der Waals surface area contributed by atoms with E-state index in [1.54, 1.807) is 0 Å². The van der Waals surface area contributed by atoms with Crippen LogP contribution in [0.3, 0.4) is 0 Å². The minimum Gasteiger partial charge on any atom is -0.382 e. The highest BCUT2D eigenvalue weighted by atomic mass is 16.5. The van der Waals surface area contributed by atoms with Gasteiger partial charge >= 0.3 is 0 Å². The summed E-state index contributed by atoms with van der Waals surface area (Å²) >= 11 is 0. The lowest BCUT2D eigenvalue weighted by Crippen LogP contribution is -2.21. The Bertz CT molecular complexity index is 68.9. The Hall–Kier alpha value is -0.120. The molecule has 0 radical (unpaired) electrons. The van der Waals surface area contributed by atoms with Crippen molar-refractivity contribution < 1.29 is 4.74 Å². The van der Waals surface area contributed by atoms with Crippen LogP contribution in [0.1, 0.15) is 19.8 Å². The maximum absolute atomic E-state index is 5.21. The van der Waals surface area contributed by atoms with Crippen molar-refractivity contribution >= 4 is 0 Å². The Morgan fingerprint density at radius 1 is 1.08 bits per heavy atom. The molecule has 0 aromatic rings. The predicted octanol–water partition coefficient (Wildman–Crippen LogP) is 0.612. The third-order valence-corrected chi connectivity index (χ3v) is 1.63. The zero-order chi connectivity index (χ0) is 9.07. The molecule has 0 saturated heterocycles. The molecular formula is C9H22N2O. The highest BCUT2D eigenvalue weighted by Crippen LogP contribution is 1.80. The van der Waals surface area contributed by atoms with Crippen molar-refractivity contribution in [3.8, 4) is 0 Å². The van der Waals surface area contributed by atoms with Crippen molar-refractivity contribution in [1.82, 2.24) is 10.6 Å². The zero-order valence-corrected chi connectivity index (χ0v) is 8.36. The van der Waals surface area contributed by atoms with Gasteiger partial charge in [-0.3, -0.25) is 0 Å². The van der Waals surface area contributed by atoms with Crippen molar-refractivity contribution in [1.29, 1.82) is 0 Å². The molecule has 0 amide bonds. The first kappa shape index (κ1) is 11.9. The van der Waals surface area contributed by atoms with E-state index in [1.165, 1.54) is 6.42 Å². The van der Waals surface area contributed by atoms with Crippen LogP contribution in [0.5, 0.6) is 0 Å². The molecule has 12 heavy (non-hydrogen) atoms. The van der Waals surface area contributed by atoms with Gasteiger partial charge in [-0.1, -0.05) is 0 Å². The molecule has 0 unspecified atom stereocenters. The van der Waals surface area contributed by atoms with E-state index in [-0.39, 0.29) is 0 Å². The fraction of sp³-hybridized carbons (Fsp3) is 1.00. The van der Waals surface area contributed by atoms with E-state index in [0.29, 0.717) is 0 Å². The molecule has 0 aliphatic rings. The van der Waals surface area contributed by atoms with Crippen LogP contribution in [0.2, 0.25) is 0 Å². The van der Waals surface area contributed by atoms with Crippen molar-refractivity contribution in [2.45, 2.75) is 19.8 Å². The maximum atomic E-state index is 5.21. The van der Waals surface area contributed by atoms with Crippen LogP contribution >= 0.6 is 0 Å². The summed E-state index contributed by atoms with van der Waals surface area (Å²) in [6.45, 7) is 7.02. The van der Waals surface area contributed by atoms with Crippen LogP contribution in [-0.2, 0) is 4.74 Å². The first-order chi connectivity index (χ1) is 5.91. The summed E-state index contributed by atoms with van der Waals surface area (Å²) in [5, 5.41) is 6.47. The lowest BCUT2D eigenvalue weighted by Gasteiger charge is -2.04. The highest BCUT2D eigenvalue weighted by molar-refractivity contribution is 4.49. The van der Waals surface area contributed by atoms with Crippen LogP contribution < -0.4 is 10.6 Å². The minimum absolute atomic E-state index is 0.833. The Morgan fingerprint density at radius 3 is 2.50 bits per heavy atom. The Morgan fingerprint density at radius 2 is 1.83 bits per heavy atom. The van der Waals surface area contributed by atoms with Gasteiger partial charge in [-0.2, -0.15) is 0 Å². The summed E-state index contributed by atoms with van der Waals surface area (Å²) in [5.41, 5.74) is 0. The first-order valence-electron chi connectivity index (χ1n) is 4.85. The van der Waals surface area contributed by atoms with Gasteiger partial charge in [0.25, 0.3) is 0 Å². The zero-order valence-electron chi connectivity index (χ0n) is 8.36. The predicted molar refractivity (Wildman–Crippen MR) is 52.5 cm³/mol. The molecule has 0 aliphatic carbocycles. The minimum atomic E-state index is 0.833. The molecule has 0 aromatic carbocycles. The largest absolute Gasteiger partial charge is 0.382 e. The highest BCUT2D eigenvalue weighted by Gasteiger charge is 1.87. The van der Waals surface area contributed by atoms with Gasteiger partial charge in [-0.05, 0) is 46.4 Å². The lowest BCUT2D eigenvalue weighted by atomic mass is 10.4. The van der Waals surface area contributed by atoms with Crippen LogP contribution in [0.4, 0.5) is 0 Å². The van der Waals surface area contributed by atoms with Crippen molar-refractivity contribution in [3.63, 3.8) is 0 Å². The smallest absolute Gasteiger partial charge is 0.0477 e. The van der Waals surface area contributed by atoms with Gasteiger partial charge in [-0.15, -0.1) is 0 Å². The average molecular weight is 174 g/mol. The second kappa shape index (κ2) is 10.9. The summed E-state index contributed by atoms with van der Waals surface area (Å²) in [4.78, 5) is 0. The van der Waals surface area contributed by atoms with Crippen molar-refractivity contribution in [2.24, 2.45) is 0 Å². The van der Waals surface area contributed by atoms with Gasteiger partial charge in [-0.25, -0.2) is 0 Å². The Kier molecular flexibility index (Phi) is 10.8. The SMILES string of the molecule is CCOCCCNCCCNC. The van der Waals surface area contributed by atoms with E-state index in [9.17, 15) is 0 Å². The van der Waals surface area contributed by atoms with E-state index in [4.69, 9.17) is 4.74 Å². The maximum Gasteiger partial charge on any atom is 0.0477 e. The molecule has 3 heteroatoms. The number of hydrogen-bond donors (Lipinski definition) is 2. The van der Waals surface area contributed by atoms with E-state index in [2.05, 4.69) is 10.6 Å². The van der Waals surface area contributed by atoms with Gasteiger partial charge in [0.05, 0.1) is 0 Å². The monoisotopic (exact) mass is 174 g/mol. The lowest BCUT2D eigenvalue weighted by molar-refractivity contribution is 0.145. The van der Waals surface area contributed by atoms with Crippen LogP contribution in [-0.4, -0.2) is 39.9 Å². The van der Waals surface area contributed by atoms with E-state index in [0.717, 1.165) is 39.3 Å². The van der Waals surface area contributed by atoms with Crippen molar-refractivity contribution in [3.05, 3.63) is 0 Å². The first-order valence-corrected chi connectivity index (χ1v) is 4.85. The molecule has 0 aromatic heterocycles. The molecule has 3 nitrogen and oxygen atoms in total. The topological polar surface area (TPSA) is 33.3 Å². The molecule has 0 atom stereocenters. The quantitative estimate of drug-likeness (QED) is 0.503. The van der Waals surface area contributed by atoms with Gasteiger partial charge in [0.2, 0.25) is 0 Å². The fourth-order valence-corrected chi connectivity index (χ4v) is 0.959. The van der Waals surface area contributed by atoms with Gasteiger partial charge in [0.15, 0.2) is 0 Å². The Balaban J connectivity index is 2.73. The Labute approximate surface area is 75.9 Å². The van der Waals surface area contributed by atoms with Crippen LogP contribution in [0.25, 0.3) is 0 Å². The van der Waals surface area contributed by atoms with E-state index >= 15 is 0 Å². The number of hydrogen-bond acceptors (Lipinski definition) is 3. The third kappa shape index (κ3) is 9.88. The molecule has 0 rings (SSSR count).